The fourth-order valence-corrected chi connectivity index (χ4v) is 3.13. The Hall–Kier alpha value is -4.28. The molecule has 0 radical (unpaired) electrons. The maximum absolute atomic E-state index is 12.6. The lowest BCUT2D eigenvalue weighted by Gasteiger charge is -2.09. The molecule has 1 amide bonds. The van der Waals surface area contributed by atoms with Gasteiger partial charge in [-0.15, -0.1) is 10.2 Å². The lowest BCUT2D eigenvalue weighted by molar-refractivity contribution is -0.141. The SMILES string of the molecule is Cc1nn(-c2ccc(Nc3ccc(NC(=O)c4ccc(C(F)(F)F)nc4)cc3)nn2)c(C)c1C. The van der Waals surface area contributed by atoms with Crippen LogP contribution in [0, 0.1) is 20.8 Å². The van der Waals surface area contributed by atoms with Gasteiger partial charge >= 0.3 is 6.18 Å². The Balaban J connectivity index is 1.39. The number of nitrogens with one attached hydrogen (secondary N) is 2. The molecule has 11 heteroatoms. The molecule has 0 bridgehead atoms. The fourth-order valence-electron chi connectivity index (χ4n) is 3.13. The molecule has 1 aromatic carbocycles. The minimum absolute atomic E-state index is 0.0170. The number of halogens is 3. The summed E-state index contributed by atoms with van der Waals surface area (Å²) < 4.78 is 39.6. The fraction of sp³-hybridized carbons (Fsp3) is 0.174. The van der Waals surface area contributed by atoms with Crippen molar-refractivity contribution >= 4 is 23.1 Å². The molecule has 0 atom stereocenters. The molecule has 4 rings (SSSR count). The Bertz CT molecular complexity index is 1310. The van der Waals surface area contributed by atoms with Crippen molar-refractivity contribution in [3.05, 3.63) is 82.9 Å². The summed E-state index contributed by atoms with van der Waals surface area (Å²) in [5.41, 5.74) is 3.17. The first-order chi connectivity index (χ1) is 16.1. The van der Waals surface area contributed by atoms with Gasteiger partial charge in [-0.2, -0.15) is 18.3 Å². The monoisotopic (exact) mass is 467 g/mol. The van der Waals surface area contributed by atoms with E-state index in [9.17, 15) is 18.0 Å². The van der Waals surface area contributed by atoms with Crippen LogP contribution in [0.5, 0.6) is 0 Å². The van der Waals surface area contributed by atoms with Crippen LogP contribution in [0.25, 0.3) is 5.82 Å². The van der Waals surface area contributed by atoms with E-state index in [2.05, 4.69) is 30.9 Å². The summed E-state index contributed by atoms with van der Waals surface area (Å²) in [6.07, 6.45) is -3.66. The van der Waals surface area contributed by atoms with E-state index in [1.807, 2.05) is 20.8 Å². The molecule has 0 aliphatic carbocycles. The minimum atomic E-state index is -4.56. The third-order valence-electron chi connectivity index (χ3n) is 5.25. The van der Waals surface area contributed by atoms with Crippen molar-refractivity contribution in [1.29, 1.82) is 0 Å². The number of aromatic nitrogens is 5. The van der Waals surface area contributed by atoms with Gasteiger partial charge in [0.25, 0.3) is 5.91 Å². The van der Waals surface area contributed by atoms with E-state index in [1.165, 1.54) is 0 Å². The van der Waals surface area contributed by atoms with Crippen LogP contribution in [0.2, 0.25) is 0 Å². The topological polar surface area (TPSA) is 97.6 Å². The first-order valence-corrected chi connectivity index (χ1v) is 10.2. The van der Waals surface area contributed by atoms with Gasteiger partial charge in [-0.25, -0.2) is 4.68 Å². The Morgan fingerprint density at radius 3 is 2.15 bits per heavy atom. The maximum atomic E-state index is 12.6. The summed E-state index contributed by atoms with van der Waals surface area (Å²) in [7, 11) is 0. The van der Waals surface area contributed by atoms with E-state index < -0.39 is 17.8 Å². The van der Waals surface area contributed by atoms with Crippen molar-refractivity contribution in [1.82, 2.24) is 25.0 Å². The molecule has 0 aliphatic heterocycles. The number of carbonyl (C=O) groups excluding carboxylic acids is 1. The number of pyridine rings is 1. The smallest absolute Gasteiger partial charge is 0.339 e. The van der Waals surface area contributed by atoms with Gasteiger partial charge in [-0.1, -0.05) is 0 Å². The van der Waals surface area contributed by atoms with E-state index in [0.29, 0.717) is 23.0 Å². The number of amides is 1. The average Bonchev–Trinajstić information content (AvgIpc) is 3.07. The molecule has 0 saturated carbocycles. The molecule has 3 aromatic heterocycles. The van der Waals surface area contributed by atoms with Crippen molar-refractivity contribution in [3.63, 3.8) is 0 Å². The van der Waals surface area contributed by atoms with Crippen LogP contribution in [0.4, 0.5) is 30.4 Å². The maximum Gasteiger partial charge on any atom is 0.433 e. The third kappa shape index (κ3) is 4.87. The zero-order valence-electron chi connectivity index (χ0n) is 18.5. The van der Waals surface area contributed by atoms with Gasteiger partial charge in [0.2, 0.25) is 0 Å². The predicted octanol–water partition coefficient (Wildman–Crippen LogP) is 5.00. The highest BCUT2D eigenvalue weighted by Gasteiger charge is 2.32. The largest absolute Gasteiger partial charge is 0.433 e. The second-order valence-corrected chi connectivity index (χ2v) is 7.57. The van der Waals surface area contributed by atoms with Gasteiger partial charge < -0.3 is 10.6 Å². The molecular weight excluding hydrogens is 447 g/mol. The van der Waals surface area contributed by atoms with Crippen molar-refractivity contribution in [2.45, 2.75) is 26.9 Å². The predicted molar refractivity (Wildman–Crippen MR) is 120 cm³/mol. The normalized spacial score (nSPS) is 11.4. The summed E-state index contributed by atoms with van der Waals surface area (Å²) in [5, 5.41) is 18.6. The molecular formula is C23H20F3N7O. The van der Waals surface area contributed by atoms with Crippen LogP contribution in [0.1, 0.15) is 33.0 Å². The van der Waals surface area contributed by atoms with Crippen LogP contribution < -0.4 is 10.6 Å². The van der Waals surface area contributed by atoms with E-state index in [4.69, 9.17) is 0 Å². The molecule has 0 spiro atoms. The lowest BCUT2D eigenvalue weighted by atomic mass is 10.2. The number of benzene rings is 1. The van der Waals surface area contributed by atoms with Crippen molar-refractivity contribution < 1.29 is 18.0 Å². The zero-order chi connectivity index (χ0) is 24.5. The molecule has 0 fully saturated rings. The number of anilines is 3. The number of aryl methyl sites for hydroxylation is 1. The number of hydrogen-bond acceptors (Lipinski definition) is 6. The highest BCUT2D eigenvalue weighted by molar-refractivity contribution is 6.04. The number of alkyl halides is 3. The van der Waals surface area contributed by atoms with Crippen molar-refractivity contribution in [3.8, 4) is 5.82 Å². The van der Waals surface area contributed by atoms with Crippen molar-refractivity contribution in [2.24, 2.45) is 0 Å². The highest BCUT2D eigenvalue weighted by atomic mass is 19.4. The second-order valence-electron chi connectivity index (χ2n) is 7.57. The van der Waals surface area contributed by atoms with Gasteiger partial charge in [0.05, 0.1) is 11.3 Å². The minimum Gasteiger partial charge on any atom is -0.339 e. The van der Waals surface area contributed by atoms with Crippen molar-refractivity contribution in [2.75, 3.05) is 10.6 Å². The van der Waals surface area contributed by atoms with Gasteiger partial charge in [0.1, 0.15) is 5.69 Å². The number of rotatable bonds is 5. The Morgan fingerprint density at radius 2 is 1.62 bits per heavy atom. The second kappa shape index (κ2) is 8.93. The van der Waals surface area contributed by atoms with Crippen LogP contribution in [-0.2, 0) is 6.18 Å². The summed E-state index contributed by atoms with van der Waals surface area (Å²) in [5.74, 6) is 0.562. The number of hydrogen-bond donors (Lipinski definition) is 2. The molecule has 2 N–H and O–H groups in total. The summed E-state index contributed by atoms with van der Waals surface area (Å²) in [6.45, 7) is 5.91. The van der Waals surface area contributed by atoms with E-state index in [1.54, 1.807) is 41.1 Å². The molecule has 8 nitrogen and oxygen atoms in total. The standard InChI is InChI=1S/C23H20F3N7O/c1-13-14(2)32-33(15(13)3)21-11-10-20(30-31-21)28-17-5-7-18(8-6-17)29-22(34)16-4-9-19(27-12-16)23(24,25)26/h4-12H,1-3H3,(H,28,30)(H,29,34). The molecule has 34 heavy (non-hydrogen) atoms. The van der Waals surface area contributed by atoms with Crippen LogP contribution >= 0.6 is 0 Å². The van der Waals surface area contributed by atoms with E-state index in [0.717, 1.165) is 35.3 Å². The van der Waals surface area contributed by atoms with Gasteiger partial charge in [0, 0.05) is 23.3 Å². The number of carbonyl (C=O) groups is 1. The Labute approximate surface area is 192 Å². The molecule has 3 heterocycles. The van der Waals surface area contributed by atoms with Crippen LogP contribution in [-0.4, -0.2) is 30.9 Å². The first kappa shape index (κ1) is 22.9. The number of nitrogens with zero attached hydrogens (tertiary/aromatic N) is 5. The molecule has 4 aromatic rings. The summed E-state index contributed by atoms with van der Waals surface area (Å²) in [4.78, 5) is 15.6. The highest BCUT2D eigenvalue weighted by Crippen LogP contribution is 2.27. The lowest BCUT2D eigenvalue weighted by Crippen LogP contribution is -2.14. The summed E-state index contributed by atoms with van der Waals surface area (Å²) >= 11 is 0. The van der Waals surface area contributed by atoms with E-state index in [-0.39, 0.29) is 5.56 Å². The van der Waals surface area contributed by atoms with Gasteiger partial charge in [0.15, 0.2) is 11.6 Å². The summed E-state index contributed by atoms with van der Waals surface area (Å²) in [6, 6.07) is 12.2. The third-order valence-corrected chi connectivity index (χ3v) is 5.25. The zero-order valence-corrected chi connectivity index (χ0v) is 18.5. The van der Waals surface area contributed by atoms with Gasteiger partial charge in [-0.3, -0.25) is 9.78 Å². The first-order valence-electron chi connectivity index (χ1n) is 10.2. The van der Waals surface area contributed by atoms with E-state index >= 15 is 0 Å². The molecule has 0 saturated heterocycles. The molecule has 0 aliphatic rings. The quantitative estimate of drug-likeness (QED) is 0.429. The Morgan fingerprint density at radius 1 is 0.912 bits per heavy atom. The Kier molecular flexibility index (Phi) is 6.01. The van der Waals surface area contributed by atoms with Crippen LogP contribution in [0.15, 0.2) is 54.7 Å². The van der Waals surface area contributed by atoms with Gasteiger partial charge in [-0.05, 0) is 74.9 Å². The van der Waals surface area contributed by atoms with Crippen LogP contribution in [0.3, 0.4) is 0 Å². The average molecular weight is 467 g/mol. The molecule has 0 unspecified atom stereocenters. The molecule has 174 valence electrons.